The van der Waals surface area contributed by atoms with Crippen LogP contribution in [0.15, 0.2) is 30.3 Å². The lowest BCUT2D eigenvalue weighted by atomic mass is 10.2. The van der Waals surface area contributed by atoms with E-state index < -0.39 is 30.4 Å². The third-order valence-corrected chi connectivity index (χ3v) is 4.30. The Kier molecular flexibility index (Phi) is 9.53. The zero-order chi connectivity index (χ0) is 19.5. The predicted molar refractivity (Wildman–Crippen MR) is 101 cm³/mol. The number of aliphatic carboxylic acids is 1. The van der Waals surface area contributed by atoms with Gasteiger partial charge in [-0.15, -0.1) is 0 Å². The molecule has 0 heterocycles. The highest BCUT2D eigenvalue weighted by atomic mass is 32.2. The van der Waals surface area contributed by atoms with Crippen molar-refractivity contribution >= 4 is 35.3 Å². The minimum Gasteiger partial charge on any atom is -0.480 e. The highest BCUT2D eigenvalue weighted by Gasteiger charge is 2.24. The Balaban J connectivity index is 2.81. The number of para-hydroxylation sites is 1. The molecule has 1 unspecified atom stereocenters. The molecule has 0 aromatic heterocycles. The number of ether oxygens (including phenoxy) is 1. The molecule has 0 radical (unpaired) electrons. The minimum absolute atomic E-state index is 0.182. The van der Waals surface area contributed by atoms with E-state index in [1.807, 2.05) is 12.3 Å². The number of carboxylic acid groups (broad SMARTS) is 1. The van der Waals surface area contributed by atoms with E-state index >= 15 is 0 Å². The Morgan fingerprint density at radius 1 is 1.27 bits per heavy atom. The van der Waals surface area contributed by atoms with E-state index in [1.165, 1.54) is 12.1 Å². The van der Waals surface area contributed by atoms with Gasteiger partial charge in [0.05, 0.1) is 19.3 Å². The maximum absolute atomic E-state index is 12.6. The molecule has 144 valence electrons. The van der Waals surface area contributed by atoms with Crippen LogP contribution in [0.25, 0.3) is 0 Å². The number of nitrogens with one attached hydrogen (secondary N) is 1. The van der Waals surface area contributed by atoms with Gasteiger partial charge in [0.1, 0.15) is 12.6 Å². The first-order valence-electron chi connectivity index (χ1n) is 8.01. The van der Waals surface area contributed by atoms with E-state index in [9.17, 15) is 14.4 Å². The molecule has 0 aliphatic carbocycles. The van der Waals surface area contributed by atoms with Crippen molar-refractivity contribution in [2.45, 2.75) is 12.5 Å². The van der Waals surface area contributed by atoms with E-state index in [0.29, 0.717) is 12.1 Å². The average Bonchev–Trinajstić information content (AvgIpc) is 2.65. The van der Waals surface area contributed by atoms with Crippen molar-refractivity contribution in [1.29, 1.82) is 0 Å². The molecule has 0 aliphatic rings. The number of benzene rings is 1. The number of carbonyl (C=O) groups is 3. The smallest absolute Gasteiger partial charge is 0.325 e. The van der Waals surface area contributed by atoms with Crippen molar-refractivity contribution in [2.75, 3.05) is 44.3 Å². The number of hydrazine groups is 1. The van der Waals surface area contributed by atoms with Crippen LogP contribution in [0.1, 0.15) is 6.42 Å². The van der Waals surface area contributed by atoms with Crippen LogP contribution in [0.3, 0.4) is 0 Å². The quantitative estimate of drug-likeness (QED) is 0.428. The molecule has 0 saturated heterocycles. The van der Waals surface area contributed by atoms with Gasteiger partial charge in [0.15, 0.2) is 0 Å². The fourth-order valence-electron chi connectivity index (χ4n) is 2.26. The molecular weight excluding hydrogens is 358 g/mol. The van der Waals surface area contributed by atoms with Gasteiger partial charge in [-0.1, -0.05) is 18.2 Å². The van der Waals surface area contributed by atoms with Crippen molar-refractivity contribution < 1.29 is 24.2 Å². The van der Waals surface area contributed by atoms with Crippen molar-refractivity contribution in [1.82, 2.24) is 10.3 Å². The lowest BCUT2D eigenvalue weighted by Gasteiger charge is -2.32. The molecule has 1 rings (SSSR count). The second kappa shape index (κ2) is 11.4. The molecule has 8 nitrogen and oxygen atoms in total. The van der Waals surface area contributed by atoms with Gasteiger partial charge in [0.25, 0.3) is 5.91 Å². The third-order valence-electron chi connectivity index (χ3n) is 3.66. The SMILES string of the molecule is COC(=O)C(CCSC)NCC(=O)N(CC(=O)O)N(C)c1ccccc1. The number of anilines is 1. The fourth-order valence-corrected chi connectivity index (χ4v) is 2.73. The molecular formula is C17H25N3O5S. The second-order valence-corrected chi connectivity index (χ2v) is 6.43. The molecule has 0 saturated carbocycles. The first-order chi connectivity index (χ1) is 12.4. The van der Waals surface area contributed by atoms with Gasteiger partial charge < -0.3 is 9.84 Å². The highest BCUT2D eigenvalue weighted by molar-refractivity contribution is 7.98. The van der Waals surface area contributed by atoms with Crippen LogP contribution in [-0.2, 0) is 19.1 Å². The number of carbonyl (C=O) groups excluding carboxylic acids is 2. The molecule has 0 fully saturated rings. The molecule has 2 N–H and O–H groups in total. The van der Waals surface area contributed by atoms with Gasteiger partial charge in [-0.05, 0) is 30.6 Å². The number of thioether (sulfide) groups is 1. The van der Waals surface area contributed by atoms with Crippen LogP contribution in [0.4, 0.5) is 5.69 Å². The summed E-state index contributed by atoms with van der Waals surface area (Å²) in [6.45, 7) is -0.668. The molecule has 26 heavy (non-hydrogen) atoms. The van der Waals surface area contributed by atoms with Crippen LogP contribution in [0.2, 0.25) is 0 Å². The maximum atomic E-state index is 12.6. The summed E-state index contributed by atoms with van der Waals surface area (Å²) in [6, 6.07) is 8.34. The van der Waals surface area contributed by atoms with E-state index in [1.54, 1.807) is 43.1 Å². The average molecular weight is 383 g/mol. The predicted octanol–water partition coefficient (Wildman–Crippen LogP) is 0.835. The Morgan fingerprint density at radius 2 is 1.92 bits per heavy atom. The molecule has 9 heteroatoms. The lowest BCUT2D eigenvalue weighted by Crippen LogP contribution is -2.52. The lowest BCUT2D eigenvalue weighted by molar-refractivity contribution is -0.146. The maximum Gasteiger partial charge on any atom is 0.325 e. The van der Waals surface area contributed by atoms with Gasteiger partial charge in [-0.2, -0.15) is 11.8 Å². The molecule has 1 atom stereocenters. The topological polar surface area (TPSA) is 99.2 Å². The zero-order valence-corrected chi connectivity index (χ0v) is 16.0. The fraction of sp³-hybridized carbons (Fsp3) is 0.471. The van der Waals surface area contributed by atoms with E-state index in [4.69, 9.17) is 9.84 Å². The van der Waals surface area contributed by atoms with E-state index in [0.717, 1.165) is 10.8 Å². The zero-order valence-electron chi connectivity index (χ0n) is 15.2. The standard InChI is InChI=1S/C17H25N3O5S/c1-19(13-7-5-4-6-8-13)20(12-16(22)23)15(21)11-18-14(9-10-26-3)17(24)25-2/h4-8,14,18H,9-12H2,1-3H3,(H,22,23). The molecule has 1 aromatic rings. The summed E-state index contributed by atoms with van der Waals surface area (Å²) in [4.78, 5) is 35.6. The first kappa shape index (κ1) is 21.8. The molecule has 0 spiro atoms. The van der Waals surface area contributed by atoms with Gasteiger partial charge in [0.2, 0.25) is 0 Å². The first-order valence-corrected chi connectivity index (χ1v) is 9.41. The molecule has 0 bridgehead atoms. The summed E-state index contributed by atoms with van der Waals surface area (Å²) >= 11 is 1.58. The summed E-state index contributed by atoms with van der Waals surface area (Å²) in [5.74, 6) is -1.32. The summed E-state index contributed by atoms with van der Waals surface area (Å²) in [5, 5.41) is 14.6. The van der Waals surface area contributed by atoms with Crippen molar-refractivity contribution in [2.24, 2.45) is 0 Å². The minimum atomic E-state index is -1.13. The molecule has 1 aromatic carbocycles. The Bertz CT molecular complexity index is 599. The van der Waals surface area contributed by atoms with Crippen LogP contribution >= 0.6 is 11.8 Å². The molecule has 0 aliphatic heterocycles. The van der Waals surface area contributed by atoms with Gasteiger partial charge in [0, 0.05) is 7.05 Å². The normalized spacial score (nSPS) is 11.5. The van der Waals surface area contributed by atoms with Crippen molar-refractivity contribution in [3.05, 3.63) is 30.3 Å². The van der Waals surface area contributed by atoms with Crippen LogP contribution in [0.5, 0.6) is 0 Å². The monoisotopic (exact) mass is 383 g/mol. The van der Waals surface area contributed by atoms with Gasteiger partial charge >= 0.3 is 11.9 Å². The van der Waals surface area contributed by atoms with Crippen molar-refractivity contribution in [3.8, 4) is 0 Å². The number of hydrogen-bond donors (Lipinski definition) is 2. The summed E-state index contributed by atoms with van der Waals surface area (Å²) < 4.78 is 4.74. The van der Waals surface area contributed by atoms with E-state index in [2.05, 4.69) is 5.32 Å². The number of hydrogen-bond acceptors (Lipinski definition) is 7. The number of carboxylic acids is 1. The number of nitrogens with zero attached hydrogens (tertiary/aromatic N) is 2. The summed E-state index contributed by atoms with van der Waals surface area (Å²) in [5.41, 5.74) is 0.675. The van der Waals surface area contributed by atoms with Crippen molar-refractivity contribution in [3.63, 3.8) is 0 Å². The van der Waals surface area contributed by atoms with Gasteiger partial charge in [-0.3, -0.25) is 24.7 Å². The van der Waals surface area contributed by atoms with Crippen LogP contribution in [0, 0.1) is 0 Å². The largest absolute Gasteiger partial charge is 0.480 e. The van der Waals surface area contributed by atoms with Gasteiger partial charge in [-0.25, -0.2) is 5.01 Å². The summed E-state index contributed by atoms with van der Waals surface area (Å²) in [7, 11) is 2.90. The number of amides is 1. The van der Waals surface area contributed by atoms with Crippen LogP contribution < -0.4 is 10.3 Å². The van der Waals surface area contributed by atoms with Crippen LogP contribution in [-0.4, -0.2) is 73.3 Å². The second-order valence-electron chi connectivity index (χ2n) is 5.44. The Morgan fingerprint density at radius 3 is 2.46 bits per heavy atom. The number of methoxy groups -OCH3 is 1. The number of esters is 1. The Labute approximate surface area is 157 Å². The summed E-state index contributed by atoms with van der Waals surface area (Å²) in [6.07, 6.45) is 2.43. The third kappa shape index (κ3) is 6.93. The molecule has 1 amide bonds. The van der Waals surface area contributed by atoms with E-state index in [-0.39, 0.29) is 6.54 Å². The number of rotatable bonds is 11. The highest BCUT2D eigenvalue weighted by Crippen LogP contribution is 2.14. The Hall–Kier alpha value is -2.26.